The molecule has 0 spiro atoms. The van der Waals surface area contributed by atoms with E-state index in [9.17, 15) is 0 Å². The van der Waals surface area contributed by atoms with E-state index < -0.39 is 0 Å². The molecule has 86 valence electrons. The molecule has 3 rings (SSSR count). The average Bonchev–Trinajstić information content (AvgIpc) is 2.90. The standard InChI is InChI=1S/C14H18BrN/c15-13-3-5-14(6-4-13)16-9-12-8-10-1-2-11(12)7-10/h3-6,10-12,16H,1-2,7-9H2. The SMILES string of the molecule is Brc1ccc(NCC2CC3CCC2C3)cc1. The maximum absolute atomic E-state index is 3.58. The molecule has 0 amide bonds. The molecule has 2 bridgehead atoms. The topological polar surface area (TPSA) is 12.0 Å². The fourth-order valence-electron chi connectivity index (χ4n) is 3.44. The van der Waals surface area contributed by atoms with Crippen molar-refractivity contribution in [2.45, 2.75) is 25.7 Å². The van der Waals surface area contributed by atoms with Gasteiger partial charge in [0.15, 0.2) is 0 Å². The molecule has 2 aliphatic carbocycles. The highest BCUT2D eigenvalue weighted by Crippen LogP contribution is 2.48. The molecular weight excluding hydrogens is 262 g/mol. The summed E-state index contributed by atoms with van der Waals surface area (Å²) in [6.45, 7) is 1.17. The van der Waals surface area contributed by atoms with Crippen molar-refractivity contribution < 1.29 is 0 Å². The van der Waals surface area contributed by atoms with Crippen molar-refractivity contribution in [3.63, 3.8) is 0 Å². The van der Waals surface area contributed by atoms with Crippen LogP contribution < -0.4 is 5.32 Å². The van der Waals surface area contributed by atoms with E-state index in [2.05, 4.69) is 45.5 Å². The summed E-state index contributed by atoms with van der Waals surface area (Å²) in [6, 6.07) is 8.50. The molecule has 2 saturated carbocycles. The number of fused-ring (bicyclic) bond motifs is 2. The summed E-state index contributed by atoms with van der Waals surface area (Å²) in [5.41, 5.74) is 1.26. The number of nitrogens with one attached hydrogen (secondary N) is 1. The second kappa shape index (κ2) is 4.40. The minimum Gasteiger partial charge on any atom is -0.385 e. The van der Waals surface area contributed by atoms with Gasteiger partial charge in [0.1, 0.15) is 0 Å². The molecule has 2 aliphatic rings. The first kappa shape index (κ1) is 10.6. The van der Waals surface area contributed by atoms with Crippen LogP contribution in [-0.2, 0) is 0 Å². The van der Waals surface area contributed by atoms with Gasteiger partial charge in [0.25, 0.3) is 0 Å². The number of rotatable bonds is 3. The van der Waals surface area contributed by atoms with E-state index >= 15 is 0 Å². The Bertz CT molecular complexity index is 360. The third-order valence-electron chi connectivity index (χ3n) is 4.30. The van der Waals surface area contributed by atoms with Crippen LogP contribution in [0, 0.1) is 17.8 Å². The van der Waals surface area contributed by atoms with Crippen molar-refractivity contribution in [1.82, 2.24) is 0 Å². The van der Waals surface area contributed by atoms with Crippen molar-refractivity contribution in [1.29, 1.82) is 0 Å². The highest BCUT2D eigenvalue weighted by atomic mass is 79.9. The van der Waals surface area contributed by atoms with Crippen LogP contribution in [0.4, 0.5) is 5.69 Å². The van der Waals surface area contributed by atoms with Crippen molar-refractivity contribution in [2.75, 3.05) is 11.9 Å². The Hall–Kier alpha value is -0.500. The van der Waals surface area contributed by atoms with Crippen molar-refractivity contribution >= 4 is 21.6 Å². The highest BCUT2D eigenvalue weighted by Gasteiger charge is 2.38. The monoisotopic (exact) mass is 279 g/mol. The van der Waals surface area contributed by atoms with E-state index in [1.807, 2.05) is 0 Å². The number of hydrogen-bond acceptors (Lipinski definition) is 1. The molecule has 1 aromatic rings. The Labute approximate surface area is 106 Å². The highest BCUT2D eigenvalue weighted by molar-refractivity contribution is 9.10. The van der Waals surface area contributed by atoms with E-state index in [0.29, 0.717) is 0 Å². The molecule has 0 saturated heterocycles. The van der Waals surface area contributed by atoms with Gasteiger partial charge in [-0.2, -0.15) is 0 Å². The summed E-state index contributed by atoms with van der Waals surface area (Å²) in [5.74, 6) is 3.01. The lowest BCUT2D eigenvalue weighted by Crippen LogP contribution is -2.19. The maximum Gasteiger partial charge on any atom is 0.0341 e. The van der Waals surface area contributed by atoms with Crippen LogP contribution in [0.1, 0.15) is 25.7 Å². The van der Waals surface area contributed by atoms with E-state index in [-0.39, 0.29) is 0 Å². The Morgan fingerprint density at radius 1 is 1.12 bits per heavy atom. The minimum atomic E-state index is 0.933. The molecule has 3 atom stereocenters. The van der Waals surface area contributed by atoms with Gasteiger partial charge in [-0.1, -0.05) is 22.4 Å². The summed E-state index contributed by atoms with van der Waals surface area (Å²) in [6.07, 6.45) is 5.96. The molecular formula is C14H18BrN. The third kappa shape index (κ3) is 2.13. The van der Waals surface area contributed by atoms with Crippen LogP contribution in [0.15, 0.2) is 28.7 Å². The molecule has 1 N–H and O–H groups in total. The molecule has 0 aliphatic heterocycles. The number of benzene rings is 1. The number of anilines is 1. The molecule has 3 unspecified atom stereocenters. The van der Waals surface area contributed by atoms with Gasteiger partial charge in [-0.25, -0.2) is 0 Å². The molecule has 0 radical (unpaired) electrons. The Morgan fingerprint density at radius 3 is 2.56 bits per heavy atom. The van der Waals surface area contributed by atoms with Gasteiger partial charge in [0.2, 0.25) is 0 Å². The molecule has 1 nitrogen and oxygen atoms in total. The summed E-state index contributed by atoms with van der Waals surface area (Å²) in [7, 11) is 0. The zero-order valence-electron chi connectivity index (χ0n) is 9.45. The first-order valence-corrected chi connectivity index (χ1v) is 7.10. The average molecular weight is 280 g/mol. The maximum atomic E-state index is 3.58. The van der Waals surface area contributed by atoms with Crippen LogP contribution in [0.3, 0.4) is 0 Å². The zero-order valence-corrected chi connectivity index (χ0v) is 11.0. The minimum absolute atomic E-state index is 0.933. The van der Waals surface area contributed by atoms with Crippen LogP contribution in [0.2, 0.25) is 0 Å². The third-order valence-corrected chi connectivity index (χ3v) is 4.83. The normalized spacial score (nSPS) is 31.9. The molecule has 2 fully saturated rings. The van der Waals surface area contributed by atoms with Gasteiger partial charge in [-0.15, -0.1) is 0 Å². The largest absolute Gasteiger partial charge is 0.385 e. The molecule has 16 heavy (non-hydrogen) atoms. The Balaban J connectivity index is 1.55. The predicted molar refractivity (Wildman–Crippen MR) is 71.6 cm³/mol. The fourth-order valence-corrected chi connectivity index (χ4v) is 3.71. The predicted octanol–water partition coefficient (Wildman–Crippen LogP) is 4.30. The van der Waals surface area contributed by atoms with Crippen LogP contribution in [-0.4, -0.2) is 6.54 Å². The van der Waals surface area contributed by atoms with Crippen LogP contribution >= 0.6 is 15.9 Å². The first-order valence-electron chi connectivity index (χ1n) is 6.30. The van der Waals surface area contributed by atoms with Crippen LogP contribution in [0.25, 0.3) is 0 Å². The van der Waals surface area contributed by atoms with Crippen molar-refractivity contribution in [3.8, 4) is 0 Å². The van der Waals surface area contributed by atoms with Crippen molar-refractivity contribution in [3.05, 3.63) is 28.7 Å². The lowest BCUT2D eigenvalue weighted by Gasteiger charge is -2.22. The van der Waals surface area contributed by atoms with Crippen LogP contribution in [0.5, 0.6) is 0 Å². The second-order valence-electron chi connectivity index (χ2n) is 5.32. The Morgan fingerprint density at radius 2 is 1.94 bits per heavy atom. The second-order valence-corrected chi connectivity index (χ2v) is 6.24. The molecule has 0 heterocycles. The van der Waals surface area contributed by atoms with Crippen molar-refractivity contribution in [2.24, 2.45) is 17.8 Å². The molecule has 2 heteroatoms. The van der Waals surface area contributed by atoms with Gasteiger partial charge in [0.05, 0.1) is 0 Å². The Kier molecular flexibility index (Phi) is 2.93. The van der Waals surface area contributed by atoms with Gasteiger partial charge < -0.3 is 5.32 Å². The summed E-state index contributed by atoms with van der Waals surface area (Å²) in [5, 5.41) is 3.58. The number of halogens is 1. The van der Waals surface area contributed by atoms with Gasteiger partial charge in [-0.05, 0) is 61.3 Å². The summed E-state index contributed by atoms with van der Waals surface area (Å²) >= 11 is 3.46. The molecule has 1 aromatic carbocycles. The summed E-state index contributed by atoms with van der Waals surface area (Å²) < 4.78 is 1.15. The quantitative estimate of drug-likeness (QED) is 0.870. The van der Waals surface area contributed by atoms with E-state index in [1.54, 1.807) is 0 Å². The lowest BCUT2D eigenvalue weighted by molar-refractivity contribution is 0.348. The number of hydrogen-bond donors (Lipinski definition) is 1. The lowest BCUT2D eigenvalue weighted by atomic mass is 9.89. The smallest absolute Gasteiger partial charge is 0.0341 e. The molecule has 0 aromatic heterocycles. The van der Waals surface area contributed by atoms with E-state index in [0.717, 1.165) is 22.2 Å². The first-order chi connectivity index (χ1) is 7.81. The van der Waals surface area contributed by atoms with Gasteiger partial charge in [0, 0.05) is 16.7 Å². The zero-order chi connectivity index (χ0) is 11.0. The van der Waals surface area contributed by atoms with E-state index in [1.165, 1.54) is 37.9 Å². The fraction of sp³-hybridized carbons (Fsp3) is 0.571. The van der Waals surface area contributed by atoms with Gasteiger partial charge >= 0.3 is 0 Å². The van der Waals surface area contributed by atoms with E-state index in [4.69, 9.17) is 0 Å². The summed E-state index contributed by atoms with van der Waals surface area (Å²) in [4.78, 5) is 0. The van der Waals surface area contributed by atoms with Gasteiger partial charge in [-0.3, -0.25) is 0 Å².